The Morgan fingerprint density at radius 3 is 2.32 bits per heavy atom. The second kappa shape index (κ2) is 15.4. The standard InChI is InChI=1S/C33H39F2N3O6/c1-41-28-19-26(20-29(42-2)30(28)43-3)33(34,35)31(39)38-18-8-7-15-27(38)23-44-32(40)37(22-25-11-5-4-6-12-25)17-10-14-24-13-9-16-36-21-24/h4-6,9,11-13,16,19-21,27H,7-8,10,14-15,17-18,22-23H2,1-3H3. The number of benzene rings is 2. The number of aromatic nitrogens is 1. The summed E-state index contributed by atoms with van der Waals surface area (Å²) in [5.41, 5.74) is 1.41. The molecule has 0 aliphatic carbocycles. The first-order valence-electron chi connectivity index (χ1n) is 14.6. The van der Waals surface area contributed by atoms with E-state index in [2.05, 4.69) is 4.98 Å². The molecule has 2 amide bonds. The summed E-state index contributed by atoms with van der Waals surface area (Å²) in [7, 11) is 4.00. The molecule has 9 nitrogen and oxygen atoms in total. The summed E-state index contributed by atoms with van der Waals surface area (Å²) in [5, 5.41) is 0. The lowest BCUT2D eigenvalue weighted by Gasteiger charge is -2.37. The van der Waals surface area contributed by atoms with Gasteiger partial charge in [0.1, 0.15) is 6.61 Å². The lowest BCUT2D eigenvalue weighted by Crippen LogP contribution is -2.52. The Hall–Kier alpha value is -4.41. The number of hydrogen-bond donors (Lipinski definition) is 0. The fourth-order valence-corrected chi connectivity index (χ4v) is 5.32. The number of rotatable bonds is 13. The Kier molecular flexibility index (Phi) is 11.3. The Morgan fingerprint density at radius 1 is 0.977 bits per heavy atom. The summed E-state index contributed by atoms with van der Waals surface area (Å²) in [5.74, 6) is -5.09. The molecule has 0 N–H and O–H groups in total. The second-order valence-electron chi connectivity index (χ2n) is 10.6. The molecule has 4 rings (SSSR count). The van der Waals surface area contributed by atoms with E-state index < -0.39 is 29.5 Å². The number of alkyl halides is 2. The van der Waals surface area contributed by atoms with Gasteiger partial charge in [-0.25, -0.2) is 4.79 Å². The summed E-state index contributed by atoms with van der Waals surface area (Å²) in [6, 6.07) is 14.9. The third-order valence-corrected chi connectivity index (χ3v) is 7.67. The van der Waals surface area contributed by atoms with Crippen molar-refractivity contribution in [3.8, 4) is 17.2 Å². The zero-order valence-corrected chi connectivity index (χ0v) is 25.3. The molecule has 1 aliphatic heterocycles. The number of piperidine rings is 1. The minimum Gasteiger partial charge on any atom is -0.493 e. The molecule has 0 saturated carbocycles. The molecule has 1 saturated heterocycles. The van der Waals surface area contributed by atoms with E-state index in [9.17, 15) is 9.59 Å². The smallest absolute Gasteiger partial charge is 0.410 e. The van der Waals surface area contributed by atoms with Gasteiger partial charge in [-0.15, -0.1) is 0 Å². The number of hydrogen-bond acceptors (Lipinski definition) is 7. The van der Waals surface area contributed by atoms with Gasteiger partial charge in [0.2, 0.25) is 5.75 Å². The summed E-state index contributed by atoms with van der Waals surface area (Å²) in [6.45, 7) is 0.693. The number of aryl methyl sites for hydroxylation is 1. The zero-order valence-electron chi connectivity index (χ0n) is 25.3. The monoisotopic (exact) mass is 611 g/mol. The highest BCUT2D eigenvalue weighted by Crippen LogP contribution is 2.43. The van der Waals surface area contributed by atoms with Gasteiger partial charge in [-0.3, -0.25) is 9.78 Å². The molecule has 0 bridgehead atoms. The molecular formula is C33H39F2N3O6. The van der Waals surface area contributed by atoms with E-state index >= 15 is 8.78 Å². The van der Waals surface area contributed by atoms with Gasteiger partial charge in [0.05, 0.1) is 27.4 Å². The highest BCUT2D eigenvalue weighted by Gasteiger charge is 2.47. The maximum atomic E-state index is 15.8. The van der Waals surface area contributed by atoms with Gasteiger partial charge in [-0.1, -0.05) is 36.4 Å². The van der Waals surface area contributed by atoms with Crippen molar-refractivity contribution in [1.29, 1.82) is 0 Å². The summed E-state index contributed by atoms with van der Waals surface area (Å²) >= 11 is 0. The van der Waals surface area contributed by atoms with Crippen LogP contribution in [0, 0.1) is 0 Å². The normalized spacial score (nSPS) is 14.9. The van der Waals surface area contributed by atoms with Crippen molar-refractivity contribution >= 4 is 12.0 Å². The molecule has 1 unspecified atom stereocenters. The van der Waals surface area contributed by atoms with Crippen molar-refractivity contribution < 1.29 is 37.3 Å². The Morgan fingerprint density at radius 2 is 1.68 bits per heavy atom. The molecule has 44 heavy (non-hydrogen) atoms. The average Bonchev–Trinajstić information content (AvgIpc) is 3.06. The Bertz CT molecular complexity index is 1350. The molecule has 1 aromatic heterocycles. The van der Waals surface area contributed by atoms with E-state index in [1.54, 1.807) is 17.3 Å². The molecule has 0 radical (unpaired) electrons. The van der Waals surface area contributed by atoms with Gasteiger partial charge in [0.15, 0.2) is 11.5 Å². The first-order chi connectivity index (χ1) is 21.3. The quantitative estimate of drug-likeness (QED) is 0.240. The van der Waals surface area contributed by atoms with Crippen molar-refractivity contribution in [2.75, 3.05) is 41.0 Å². The van der Waals surface area contributed by atoms with Gasteiger partial charge in [0, 0.05) is 37.6 Å². The molecule has 1 atom stereocenters. The molecule has 2 heterocycles. The third kappa shape index (κ3) is 7.94. The van der Waals surface area contributed by atoms with Crippen LogP contribution in [0.1, 0.15) is 42.4 Å². The van der Waals surface area contributed by atoms with Crippen LogP contribution in [0.25, 0.3) is 0 Å². The number of pyridine rings is 1. The van der Waals surface area contributed by atoms with Crippen LogP contribution in [-0.4, -0.2) is 73.9 Å². The average molecular weight is 612 g/mol. The fraction of sp³-hybridized carbons (Fsp3) is 0.424. The van der Waals surface area contributed by atoms with Crippen molar-refractivity contribution in [3.63, 3.8) is 0 Å². The van der Waals surface area contributed by atoms with Crippen LogP contribution >= 0.6 is 0 Å². The summed E-state index contributed by atoms with van der Waals surface area (Å²) in [4.78, 5) is 33.6. The van der Waals surface area contributed by atoms with E-state index in [4.69, 9.17) is 18.9 Å². The van der Waals surface area contributed by atoms with Gasteiger partial charge in [-0.05, 0) is 61.4 Å². The number of halogens is 2. The third-order valence-electron chi connectivity index (χ3n) is 7.67. The minimum absolute atomic E-state index is 0.0143. The SMILES string of the molecule is COc1cc(C(F)(F)C(=O)N2CCCCC2COC(=O)N(CCCc2cccnc2)Cc2ccccc2)cc(OC)c1OC. The van der Waals surface area contributed by atoms with Crippen LogP contribution < -0.4 is 14.2 Å². The van der Waals surface area contributed by atoms with E-state index in [-0.39, 0.29) is 30.4 Å². The first-order valence-corrected chi connectivity index (χ1v) is 14.6. The summed E-state index contributed by atoms with van der Waals surface area (Å²) < 4.78 is 52.9. The molecule has 3 aromatic rings. The van der Waals surface area contributed by atoms with E-state index in [1.165, 1.54) is 21.3 Å². The Balaban J connectivity index is 1.46. The number of amides is 2. The van der Waals surface area contributed by atoms with Gasteiger partial charge in [0.25, 0.3) is 5.91 Å². The molecule has 11 heteroatoms. The number of carbonyl (C=O) groups is 2. The number of methoxy groups -OCH3 is 3. The number of carbonyl (C=O) groups excluding carboxylic acids is 2. The van der Waals surface area contributed by atoms with Crippen LogP contribution in [0.4, 0.5) is 13.6 Å². The Labute approximate surface area is 256 Å². The van der Waals surface area contributed by atoms with Crippen LogP contribution in [0.15, 0.2) is 67.0 Å². The highest BCUT2D eigenvalue weighted by atomic mass is 19.3. The molecule has 2 aromatic carbocycles. The van der Waals surface area contributed by atoms with Crippen molar-refractivity contribution in [3.05, 3.63) is 83.7 Å². The molecular weight excluding hydrogens is 572 g/mol. The maximum absolute atomic E-state index is 15.8. The molecule has 0 spiro atoms. The molecule has 236 valence electrons. The van der Waals surface area contributed by atoms with E-state index in [0.29, 0.717) is 32.4 Å². The lowest BCUT2D eigenvalue weighted by atomic mass is 9.99. The highest BCUT2D eigenvalue weighted by molar-refractivity contribution is 5.86. The van der Waals surface area contributed by atoms with Crippen LogP contribution in [0.2, 0.25) is 0 Å². The largest absolute Gasteiger partial charge is 0.493 e. The minimum atomic E-state index is -3.89. The first kappa shape index (κ1) is 32.5. The number of likely N-dealkylation sites (tertiary alicyclic amines) is 1. The predicted octanol–water partition coefficient (Wildman–Crippen LogP) is 5.85. The van der Waals surface area contributed by atoms with Crippen LogP contribution in [0.3, 0.4) is 0 Å². The lowest BCUT2D eigenvalue weighted by molar-refractivity contribution is -0.164. The number of ether oxygens (including phenoxy) is 4. The van der Waals surface area contributed by atoms with Gasteiger partial charge >= 0.3 is 12.0 Å². The number of nitrogens with zero attached hydrogens (tertiary/aromatic N) is 3. The second-order valence-corrected chi connectivity index (χ2v) is 10.6. The van der Waals surface area contributed by atoms with Gasteiger partial charge < -0.3 is 28.7 Å². The van der Waals surface area contributed by atoms with Gasteiger partial charge in [-0.2, -0.15) is 8.78 Å². The molecule has 1 fully saturated rings. The zero-order chi connectivity index (χ0) is 31.5. The maximum Gasteiger partial charge on any atom is 0.410 e. The fourth-order valence-electron chi connectivity index (χ4n) is 5.32. The van der Waals surface area contributed by atoms with E-state index in [0.717, 1.165) is 41.0 Å². The van der Waals surface area contributed by atoms with Crippen LogP contribution in [-0.2, 0) is 28.4 Å². The van der Waals surface area contributed by atoms with Crippen molar-refractivity contribution in [2.24, 2.45) is 0 Å². The summed E-state index contributed by atoms with van der Waals surface area (Å²) in [6.07, 6.45) is 6.08. The molecule has 1 aliphatic rings. The van der Waals surface area contributed by atoms with Crippen molar-refractivity contribution in [1.82, 2.24) is 14.8 Å². The van der Waals surface area contributed by atoms with Crippen LogP contribution in [0.5, 0.6) is 17.2 Å². The van der Waals surface area contributed by atoms with Crippen molar-refractivity contribution in [2.45, 2.75) is 50.6 Å². The topological polar surface area (TPSA) is 90.4 Å². The van der Waals surface area contributed by atoms with E-state index in [1.807, 2.05) is 42.5 Å². The predicted molar refractivity (Wildman–Crippen MR) is 160 cm³/mol.